The molecule has 0 saturated carbocycles. The van der Waals surface area contributed by atoms with E-state index in [1.54, 1.807) is 35.4 Å². The van der Waals surface area contributed by atoms with Gasteiger partial charge in [-0.25, -0.2) is 4.98 Å². The molecule has 1 amide bonds. The summed E-state index contributed by atoms with van der Waals surface area (Å²) in [6.07, 6.45) is 1.69. The van der Waals surface area contributed by atoms with Crippen LogP contribution in [0.5, 0.6) is 0 Å². The molecule has 0 bridgehead atoms. The molecule has 0 aliphatic heterocycles. The first-order valence-corrected chi connectivity index (χ1v) is 9.30. The van der Waals surface area contributed by atoms with E-state index in [1.165, 1.54) is 5.56 Å². The fourth-order valence-corrected chi connectivity index (χ4v) is 2.94. The Labute approximate surface area is 165 Å². The third kappa shape index (κ3) is 4.75. The lowest BCUT2D eigenvalue weighted by molar-refractivity contribution is 0.0984. The SMILES string of the molecule is CC(C)(C)c1ccc(CN(C(=O)c2ccc(Cl)cc2)c2ccccn2)cc1. The summed E-state index contributed by atoms with van der Waals surface area (Å²) in [5.74, 6) is 0.516. The van der Waals surface area contributed by atoms with Crippen LogP contribution >= 0.6 is 11.6 Å². The molecule has 3 aromatic rings. The Hall–Kier alpha value is -2.65. The van der Waals surface area contributed by atoms with E-state index in [-0.39, 0.29) is 11.3 Å². The standard InChI is InChI=1S/C23H23ClN2O/c1-23(2,3)19-11-7-17(8-12-19)16-26(21-6-4-5-15-25-21)22(27)18-9-13-20(24)14-10-18/h4-15H,16H2,1-3H3. The van der Waals surface area contributed by atoms with Crippen molar-refractivity contribution in [2.24, 2.45) is 0 Å². The minimum absolute atomic E-state index is 0.0956. The Kier molecular flexibility index (Phi) is 5.62. The number of hydrogen-bond acceptors (Lipinski definition) is 2. The van der Waals surface area contributed by atoms with Crippen molar-refractivity contribution in [1.29, 1.82) is 0 Å². The maximum absolute atomic E-state index is 13.1. The second kappa shape index (κ2) is 7.93. The summed E-state index contributed by atoms with van der Waals surface area (Å²) in [4.78, 5) is 19.2. The quantitative estimate of drug-likeness (QED) is 0.568. The molecule has 138 valence electrons. The number of carbonyl (C=O) groups excluding carboxylic acids is 1. The molecule has 0 radical (unpaired) electrons. The molecule has 0 spiro atoms. The van der Waals surface area contributed by atoms with Crippen LogP contribution in [0.2, 0.25) is 5.02 Å². The Morgan fingerprint density at radius 2 is 1.63 bits per heavy atom. The number of hydrogen-bond donors (Lipinski definition) is 0. The smallest absolute Gasteiger partial charge is 0.259 e. The Morgan fingerprint density at radius 3 is 2.19 bits per heavy atom. The molecule has 0 fully saturated rings. The highest BCUT2D eigenvalue weighted by Crippen LogP contribution is 2.24. The zero-order valence-electron chi connectivity index (χ0n) is 15.8. The van der Waals surface area contributed by atoms with Gasteiger partial charge in [0.05, 0.1) is 6.54 Å². The molecule has 2 aromatic carbocycles. The Balaban J connectivity index is 1.91. The molecule has 0 saturated heterocycles. The van der Waals surface area contributed by atoms with Gasteiger partial charge in [0.25, 0.3) is 5.91 Å². The van der Waals surface area contributed by atoms with Crippen LogP contribution in [-0.2, 0) is 12.0 Å². The van der Waals surface area contributed by atoms with Gasteiger partial charge in [0.2, 0.25) is 0 Å². The lowest BCUT2D eigenvalue weighted by atomic mass is 9.87. The van der Waals surface area contributed by atoms with Gasteiger partial charge in [-0.3, -0.25) is 9.69 Å². The molecular formula is C23H23ClN2O. The van der Waals surface area contributed by atoms with E-state index in [0.717, 1.165) is 5.56 Å². The maximum atomic E-state index is 13.1. The van der Waals surface area contributed by atoms with E-state index in [1.807, 2.05) is 18.2 Å². The van der Waals surface area contributed by atoms with Crippen LogP contribution in [-0.4, -0.2) is 10.9 Å². The summed E-state index contributed by atoms with van der Waals surface area (Å²) < 4.78 is 0. The van der Waals surface area contributed by atoms with Gasteiger partial charge in [-0.15, -0.1) is 0 Å². The summed E-state index contributed by atoms with van der Waals surface area (Å²) in [6.45, 7) is 7.01. The molecule has 4 heteroatoms. The molecular weight excluding hydrogens is 356 g/mol. The van der Waals surface area contributed by atoms with Crippen LogP contribution in [0.25, 0.3) is 0 Å². The van der Waals surface area contributed by atoms with Gasteiger partial charge < -0.3 is 0 Å². The lowest BCUT2D eigenvalue weighted by Crippen LogP contribution is -2.31. The van der Waals surface area contributed by atoms with Gasteiger partial charge >= 0.3 is 0 Å². The third-order valence-electron chi connectivity index (χ3n) is 4.42. The number of benzene rings is 2. The van der Waals surface area contributed by atoms with Gasteiger partial charge in [0, 0.05) is 16.8 Å². The Morgan fingerprint density at radius 1 is 0.963 bits per heavy atom. The van der Waals surface area contributed by atoms with Gasteiger partial charge in [-0.1, -0.05) is 62.7 Å². The van der Waals surface area contributed by atoms with E-state index in [2.05, 4.69) is 50.0 Å². The minimum atomic E-state index is -0.106. The number of halogens is 1. The second-order valence-corrected chi connectivity index (χ2v) is 7.97. The van der Waals surface area contributed by atoms with E-state index in [9.17, 15) is 4.79 Å². The highest BCUT2D eigenvalue weighted by atomic mass is 35.5. The summed E-state index contributed by atoms with van der Waals surface area (Å²) in [7, 11) is 0. The van der Waals surface area contributed by atoms with Crippen LogP contribution in [0.3, 0.4) is 0 Å². The number of carbonyl (C=O) groups is 1. The number of amides is 1. The summed E-state index contributed by atoms with van der Waals surface area (Å²) in [5, 5.41) is 0.605. The van der Waals surface area contributed by atoms with Gasteiger partial charge in [0.1, 0.15) is 5.82 Å². The van der Waals surface area contributed by atoms with Crippen LogP contribution in [0.1, 0.15) is 42.3 Å². The summed E-state index contributed by atoms with van der Waals surface area (Å²) >= 11 is 5.96. The molecule has 1 heterocycles. The number of rotatable bonds is 4. The van der Waals surface area contributed by atoms with Crippen LogP contribution in [0, 0.1) is 0 Å². The molecule has 0 unspecified atom stereocenters. The van der Waals surface area contributed by atoms with Crippen LogP contribution in [0.15, 0.2) is 72.9 Å². The van der Waals surface area contributed by atoms with Crippen LogP contribution < -0.4 is 4.90 Å². The normalized spacial score (nSPS) is 11.3. The van der Waals surface area contributed by atoms with Crippen molar-refractivity contribution in [3.8, 4) is 0 Å². The fourth-order valence-electron chi connectivity index (χ4n) is 2.81. The molecule has 0 aliphatic rings. The monoisotopic (exact) mass is 378 g/mol. The van der Waals surface area contributed by atoms with E-state index >= 15 is 0 Å². The second-order valence-electron chi connectivity index (χ2n) is 7.53. The number of nitrogens with zero attached hydrogens (tertiary/aromatic N) is 2. The molecule has 1 aromatic heterocycles. The first kappa shape index (κ1) is 19.1. The minimum Gasteiger partial charge on any atom is -0.288 e. The van der Waals surface area contributed by atoms with E-state index in [0.29, 0.717) is 22.9 Å². The maximum Gasteiger partial charge on any atom is 0.259 e. The van der Waals surface area contributed by atoms with Gasteiger partial charge in [-0.2, -0.15) is 0 Å². The van der Waals surface area contributed by atoms with Crippen molar-refractivity contribution < 1.29 is 4.79 Å². The largest absolute Gasteiger partial charge is 0.288 e. The zero-order valence-corrected chi connectivity index (χ0v) is 16.6. The lowest BCUT2D eigenvalue weighted by Gasteiger charge is -2.23. The number of aromatic nitrogens is 1. The van der Waals surface area contributed by atoms with Crippen LogP contribution in [0.4, 0.5) is 5.82 Å². The first-order chi connectivity index (χ1) is 12.8. The summed E-state index contributed by atoms with van der Waals surface area (Å²) in [6, 6.07) is 20.9. The highest BCUT2D eigenvalue weighted by molar-refractivity contribution is 6.30. The molecule has 0 atom stereocenters. The van der Waals surface area contributed by atoms with Crippen molar-refractivity contribution >= 4 is 23.3 Å². The fraction of sp³-hybridized carbons (Fsp3) is 0.217. The predicted octanol–water partition coefficient (Wildman–Crippen LogP) is 5.88. The van der Waals surface area contributed by atoms with Crippen molar-refractivity contribution in [2.75, 3.05) is 4.90 Å². The molecule has 3 rings (SSSR count). The average molecular weight is 379 g/mol. The zero-order chi connectivity index (χ0) is 19.4. The molecule has 3 nitrogen and oxygen atoms in total. The summed E-state index contributed by atoms with van der Waals surface area (Å²) in [5.41, 5.74) is 2.99. The molecule has 0 aliphatic carbocycles. The van der Waals surface area contributed by atoms with Crippen molar-refractivity contribution in [2.45, 2.75) is 32.7 Å². The Bertz CT molecular complexity index is 898. The number of pyridine rings is 1. The van der Waals surface area contributed by atoms with Crippen molar-refractivity contribution in [3.63, 3.8) is 0 Å². The molecule has 0 N–H and O–H groups in total. The van der Waals surface area contributed by atoms with Gasteiger partial charge in [-0.05, 0) is 52.9 Å². The predicted molar refractivity (Wildman–Crippen MR) is 111 cm³/mol. The average Bonchev–Trinajstić information content (AvgIpc) is 2.66. The van der Waals surface area contributed by atoms with Crippen molar-refractivity contribution in [1.82, 2.24) is 4.98 Å². The highest BCUT2D eigenvalue weighted by Gasteiger charge is 2.20. The van der Waals surface area contributed by atoms with Gasteiger partial charge in [0.15, 0.2) is 0 Å². The van der Waals surface area contributed by atoms with E-state index < -0.39 is 0 Å². The molecule has 27 heavy (non-hydrogen) atoms. The topological polar surface area (TPSA) is 33.2 Å². The van der Waals surface area contributed by atoms with Crippen molar-refractivity contribution in [3.05, 3.63) is 94.6 Å². The van der Waals surface area contributed by atoms with E-state index in [4.69, 9.17) is 11.6 Å². The number of anilines is 1. The first-order valence-electron chi connectivity index (χ1n) is 8.92. The third-order valence-corrected chi connectivity index (χ3v) is 4.67.